The van der Waals surface area contributed by atoms with Crippen molar-refractivity contribution in [3.63, 3.8) is 0 Å². The Balaban J connectivity index is 2.64. The van der Waals surface area contributed by atoms with Gasteiger partial charge in [-0.3, -0.25) is 0 Å². The molecule has 96 valence electrons. The van der Waals surface area contributed by atoms with Crippen LogP contribution >= 0.6 is 10.7 Å². The molecule has 8 heteroatoms. The van der Waals surface area contributed by atoms with Gasteiger partial charge in [-0.15, -0.1) is 0 Å². The van der Waals surface area contributed by atoms with Crippen LogP contribution in [0, 0.1) is 0 Å². The van der Waals surface area contributed by atoms with Crippen molar-refractivity contribution in [1.29, 1.82) is 0 Å². The number of halogens is 1. The molecule has 1 aromatic rings. The molecule has 0 saturated heterocycles. The molecule has 1 rings (SSSR count). The Labute approximate surface area is 105 Å². The lowest BCUT2D eigenvalue weighted by Crippen LogP contribution is -2.24. The highest BCUT2D eigenvalue weighted by Gasteiger charge is 2.08. The highest BCUT2D eigenvalue weighted by Crippen LogP contribution is 2.15. The summed E-state index contributed by atoms with van der Waals surface area (Å²) in [4.78, 5) is 0.0268. The van der Waals surface area contributed by atoms with Gasteiger partial charge in [0.2, 0.25) is 10.0 Å². The summed E-state index contributed by atoms with van der Waals surface area (Å²) in [5, 5.41) is 0. The molecule has 0 aliphatic rings. The summed E-state index contributed by atoms with van der Waals surface area (Å²) in [5.41, 5.74) is 0.824. The molecule has 0 bridgehead atoms. The summed E-state index contributed by atoms with van der Waals surface area (Å²) in [5.74, 6) is 0. The van der Waals surface area contributed by atoms with Gasteiger partial charge in [-0.1, -0.05) is 12.1 Å². The summed E-state index contributed by atoms with van der Waals surface area (Å²) in [6.45, 7) is 0.270. The predicted molar refractivity (Wildman–Crippen MR) is 66.0 cm³/mol. The lowest BCUT2D eigenvalue weighted by molar-refractivity contribution is 0.588. The van der Waals surface area contributed by atoms with Gasteiger partial charge in [0.1, 0.15) is 0 Å². The maximum absolute atomic E-state index is 11.0. The number of benzene rings is 1. The van der Waals surface area contributed by atoms with Gasteiger partial charge in [0.25, 0.3) is 9.05 Å². The third-order valence-corrected chi connectivity index (χ3v) is 4.08. The molecule has 1 aromatic carbocycles. The maximum atomic E-state index is 11.0. The largest absolute Gasteiger partial charge is 0.261 e. The molecule has 0 fully saturated rings. The van der Waals surface area contributed by atoms with Crippen LogP contribution in [0.1, 0.15) is 5.56 Å². The normalized spacial score (nSPS) is 12.6. The van der Waals surface area contributed by atoms with Gasteiger partial charge < -0.3 is 0 Å². The monoisotopic (exact) mass is 297 g/mol. The number of hydrogen-bond acceptors (Lipinski definition) is 4. The van der Waals surface area contributed by atoms with Crippen LogP contribution in [0.25, 0.3) is 0 Å². The quantitative estimate of drug-likeness (QED) is 0.812. The Hall–Kier alpha value is -0.630. The van der Waals surface area contributed by atoms with Crippen LogP contribution in [0.3, 0.4) is 0 Å². The molecule has 0 saturated carbocycles. The average molecular weight is 298 g/mol. The number of rotatable bonds is 5. The van der Waals surface area contributed by atoms with Crippen molar-refractivity contribution < 1.29 is 16.8 Å². The SMILES string of the molecule is CS(=O)(=O)NCCc1ccc(S(=O)(=O)Cl)cc1. The van der Waals surface area contributed by atoms with E-state index < -0.39 is 19.1 Å². The fraction of sp³-hybridized carbons (Fsp3) is 0.333. The number of sulfonamides is 1. The van der Waals surface area contributed by atoms with Gasteiger partial charge in [-0.05, 0) is 24.1 Å². The summed E-state index contributed by atoms with van der Waals surface area (Å²) in [6, 6.07) is 5.97. The van der Waals surface area contributed by atoms with Crippen molar-refractivity contribution in [3.8, 4) is 0 Å². The van der Waals surface area contributed by atoms with Gasteiger partial charge in [0.05, 0.1) is 11.2 Å². The van der Waals surface area contributed by atoms with E-state index in [-0.39, 0.29) is 11.4 Å². The van der Waals surface area contributed by atoms with Gasteiger partial charge in [0.15, 0.2) is 0 Å². The minimum atomic E-state index is -3.70. The third-order valence-electron chi connectivity index (χ3n) is 1.98. The molecule has 5 nitrogen and oxygen atoms in total. The molecule has 0 unspecified atom stereocenters. The van der Waals surface area contributed by atoms with E-state index in [0.717, 1.165) is 11.8 Å². The van der Waals surface area contributed by atoms with Crippen LogP contribution in [-0.4, -0.2) is 29.6 Å². The van der Waals surface area contributed by atoms with Gasteiger partial charge in [-0.25, -0.2) is 21.6 Å². The van der Waals surface area contributed by atoms with Gasteiger partial charge in [0, 0.05) is 17.2 Å². The Morgan fingerprint density at radius 3 is 2.06 bits per heavy atom. The molecule has 0 aromatic heterocycles. The van der Waals surface area contributed by atoms with Crippen LogP contribution < -0.4 is 4.72 Å². The fourth-order valence-corrected chi connectivity index (χ4v) is 2.44. The second kappa shape index (κ2) is 5.34. The first-order valence-corrected chi connectivity index (χ1v) is 8.87. The van der Waals surface area contributed by atoms with E-state index in [9.17, 15) is 16.8 Å². The highest BCUT2D eigenvalue weighted by molar-refractivity contribution is 8.13. The predicted octanol–water partition coefficient (Wildman–Crippen LogP) is 0.706. The Morgan fingerprint density at radius 1 is 1.12 bits per heavy atom. The highest BCUT2D eigenvalue weighted by atomic mass is 35.7. The lowest BCUT2D eigenvalue weighted by Gasteiger charge is -2.03. The van der Waals surface area contributed by atoms with Crippen molar-refractivity contribution in [1.82, 2.24) is 4.72 Å². The zero-order valence-electron chi connectivity index (χ0n) is 9.05. The van der Waals surface area contributed by atoms with Crippen molar-refractivity contribution in [2.75, 3.05) is 12.8 Å². The van der Waals surface area contributed by atoms with Crippen LogP contribution in [0.15, 0.2) is 29.2 Å². The van der Waals surface area contributed by atoms with E-state index in [1.54, 1.807) is 12.1 Å². The van der Waals surface area contributed by atoms with Crippen molar-refractivity contribution >= 4 is 29.8 Å². The molecule has 0 aliphatic heterocycles. The van der Waals surface area contributed by atoms with E-state index >= 15 is 0 Å². The van der Waals surface area contributed by atoms with E-state index in [4.69, 9.17) is 10.7 Å². The Kier molecular flexibility index (Phi) is 4.54. The van der Waals surface area contributed by atoms with Crippen molar-refractivity contribution in [3.05, 3.63) is 29.8 Å². The topological polar surface area (TPSA) is 80.3 Å². The van der Waals surface area contributed by atoms with E-state index in [1.165, 1.54) is 12.1 Å². The summed E-state index contributed by atoms with van der Waals surface area (Å²) in [6.07, 6.45) is 1.56. The van der Waals surface area contributed by atoms with E-state index in [1.807, 2.05) is 0 Å². The van der Waals surface area contributed by atoms with Crippen LogP contribution in [0.4, 0.5) is 0 Å². The maximum Gasteiger partial charge on any atom is 0.261 e. The fourth-order valence-electron chi connectivity index (χ4n) is 1.20. The molecule has 1 N–H and O–H groups in total. The zero-order chi connectivity index (χ0) is 13.1. The lowest BCUT2D eigenvalue weighted by atomic mass is 10.2. The van der Waals surface area contributed by atoms with Crippen molar-refractivity contribution in [2.45, 2.75) is 11.3 Å². The molecule has 0 aliphatic carbocycles. The first-order chi connectivity index (χ1) is 7.68. The van der Waals surface area contributed by atoms with E-state index in [0.29, 0.717) is 6.42 Å². The smallest absolute Gasteiger partial charge is 0.215 e. The Bertz CT molecular complexity index is 578. The van der Waals surface area contributed by atoms with Crippen LogP contribution in [0.5, 0.6) is 0 Å². The Morgan fingerprint density at radius 2 is 1.65 bits per heavy atom. The molecule has 0 radical (unpaired) electrons. The summed E-state index contributed by atoms with van der Waals surface area (Å²) < 4.78 is 45.9. The minimum absolute atomic E-state index is 0.0268. The molecule has 0 heterocycles. The molecule has 0 amide bonds. The van der Waals surface area contributed by atoms with Crippen molar-refractivity contribution in [2.24, 2.45) is 0 Å². The number of nitrogens with one attached hydrogen (secondary N) is 1. The average Bonchev–Trinajstić information content (AvgIpc) is 2.15. The minimum Gasteiger partial charge on any atom is -0.215 e. The first kappa shape index (κ1) is 14.4. The van der Waals surface area contributed by atoms with E-state index in [2.05, 4.69) is 4.72 Å². The second-order valence-electron chi connectivity index (χ2n) is 3.50. The van der Waals surface area contributed by atoms with Gasteiger partial charge >= 0.3 is 0 Å². The summed E-state index contributed by atoms with van der Waals surface area (Å²) in [7, 11) is -1.74. The summed E-state index contributed by atoms with van der Waals surface area (Å²) >= 11 is 0. The molecule has 0 spiro atoms. The molecule has 17 heavy (non-hydrogen) atoms. The standard InChI is InChI=1S/C9H12ClNO4S2/c1-16(12,13)11-7-6-8-2-4-9(5-3-8)17(10,14)15/h2-5,11H,6-7H2,1H3. The number of hydrogen-bond donors (Lipinski definition) is 1. The third kappa shape index (κ3) is 5.49. The van der Waals surface area contributed by atoms with Crippen LogP contribution in [0.2, 0.25) is 0 Å². The molecule has 0 atom stereocenters. The van der Waals surface area contributed by atoms with Crippen LogP contribution in [-0.2, 0) is 25.5 Å². The molecular weight excluding hydrogens is 286 g/mol. The zero-order valence-corrected chi connectivity index (χ0v) is 11.4. The first-order valence-electron chi connectivity index (χ1n) is 4.67. The van der Waals surface area contributed by atoms with Gasteiger partial charge in [-0.2, -0.15) is 0 Å². The second-order valence-corrected chi connectivity index (χ2v) is 7.90. The molecular formula is C9H12ClNO4S2.